The number of benzene rings is 9. The number of hydrogen-bond acceptors (Lipinski definition) is 2. The molecule has 9 aromatic carbocycles. The molecule has 0 unspecified atom stereocenters. The maximum Gasteiger partial charge on any atom is 0.143 e. The van der Waals surface area contributed by atoms with Crippen LogP contribution in [0.2, 0.25) is 0 Å². The van der Waals surface area contributed by atoms with Crippen LogP contribution in [0.1, 0.15) is 0 Å². The average Bonchev–Trinajstić information content (AvgIpc) is 3.73. The van der Waals surface area contributed by atoms with Gasteiger partial charge >= 0.3 is 0 Å². The van der Waals surface area contributed by atoms with Crippen molar-refractivity contribution in [2.75, 3.05) is 0 Å². The predicted octanol–water partition coefficient (Wildman–Crippen LogP) is 13.9. The van der Waals surface area contributed by atoms with E-state index in [1.165, 1.54) is 49.4 Å². The third kappa shape index (κ3) is 3.96. The first kappa shape index (κ1) is 27.3. The molecule has 11 aromatic rings. The quantitative estimate of drug-likeness (QED) is 0.180. The van der Waals surface area contributed by atoms with E-state index in [9.17, 15) is 0 Å². The first-order valence-corrected chi connectivity index (χ1v) is 17.1. The Kier molecular flexibility index (Phi) is 5.70. The van der Waals surface area contributed by atoms with Crippen molar-refractivity contribution in [3.63, 3.8) is 0 Å². The SMILES string of the molecule is c1ccc(-c2c3ccccc3c(-c3cccc(-c4ccc5ccc6c7cc8c(cc7oc6c5c4)oc4ccccc48)c3)c3ccccc23)cc1. The van der Waals surface area contributed by atoms with Crippen molar-refractivity contribution in [1.29, 1.82) is 0 Å². The van der Waals surface area contributed by atoms with E-state index in [0.29, 0.717) is 0 Å². The summed E-state index contributed by atoms with van der Waals surface area (Å²) in [5, 5.41) is 11.7. The summed E-state index contributed by atoms with van der Waals surface area (Å²) in [5.74, 6) is 0. The van der Waals surface area contributed by atoms with E-state index >= 15 is 0 Å². The fourth-order valence-electron chi connectivity index (χ4n) is 8.16. The molecule has 0 atom stereocenters. The molecule has 0 spiro atoms. The first-order chi connectivity index (χ1) is 24.8. The highest BCUT2D eigenvalue weighted by Crippen LogP contribution is 2.45. The third-order valence-corrected chi connectivity index (χ3v) is 10.4. The normalized spacial score (nSPS) is 12.0. The van der Waals surface area contributed by atoms with Crippen molar-refractivity contribution in [3.8, 4) is 33.4 Å². The molecule has 2 heteroatoms. The number of para-hydroxylation sites is 1. The summed E-state index contributed by atoms with van der Waals surface area (Å²) in [6, 6.07) is 61.0. The molecular formula is C48H28O2. The highest BCUT2D eigenvalue weighted by atomic mass is 16.3. The first-order valence-electron chi connectivity index (χ1n) is 17.1. The molecule has 2 aromatic heterocycles. The van der Waals surface area contributed by atoms with Crippen molar-refractivity contribution >= 4 is 76.2 Å². The zero-order valence-corrected chi connectivity index (χ0v) is 27.0. The summed E-state index contributed by atoms with van der Waals surface area (Å²) in [7, 11) is 0. The average molecular weight is 637 g/mol. The Morgan fingerprint density at radius 1 is 0.260 bits per heavy atom. The highest BCUT2D eigenvalue weighted by Gasteiger charge is 2.18. The van der Waals surface area contributed by atoms with Gasteiger partial charge in [-0.1, -0.05) is 133 Å². The Hall–Kier alpha value is -6.64. The van der Waals surface area contributed by atoms with E-state index in [0.717, 1.165) is 60.2 Å². The predicted molar refractivity (Wildman–Crippen MR) is 210 cm³/mol. The van der Waals surface area contributed by atoms with Crippen LogP contribution in [0.15, 0.2) is 179 Å². The second kappa shape index (κ2) is 10.4. The fraction of sp³-hybridized carbons (Fsp3) is 0. The third-order valence-electron chi connectivity index (χ3n) is 10.4. The molecule has 0 saturated heterocycles. The maximum atomic E-state index is 6.64. The Bertz CT molecular complexity index is 3080. The summed E-state index contributed by atoms with van der Waals surface area (Å²) in [5.41, 5.74) is 10.8. The smallest absolute Gasteiger partial charge is 0.143 e. The van der Waals surface area contributed by atoms with Crippen LogP contribution >= 0.6 is 0 Å². The molecule has 0 bridgehead atoms. The molecule has 0 amide bonds. The van der Waals surface area contributed by atoms with Gasteiger partial charge in [0.15, 0.2) is 0 Å². The topological polar surface area (TPSA) is 26.3 Å². The van der Waals surface area contributed by atoms with Crippen molar-refractivity contribution in [2.24, 2.45) is 0 Å². The fourth-order valence-corrected chi connectivity index (χ4v) is 8.16. The lowest BCUT2D eigenvalue weighted by Crippen LogP contribution is -1.91. The lowest BCUT2D eigenvalue weighted by molar-refractivity contribution is 0.658. The van der Waals surface area contributed by atoms with E-state index in [4.69, 9.17) is 8.83 Å². The Balaban J connectivity index is 1.10. The lowest BCUT2D eigenvalue weighted by Gasteiger charge is -2.18. The molecule has 0 aliphatic rings. The zero-order chi connectivity index (χ0) is 32.8. The lowest BCUT2D eigenvalue weighted by atomic mass is 9.85. The van der Waals surface area contributed by atoms with Gasteiger partial charge < -0.3 is 8.83 Å². The Morgan fingerprint density at radius 2 is 0.820 bits per heavy atom. The van der Waals surface area contributed by atoms with Gasteiger partial charge in [-0.15, -0.1) is 0 Å². The summed E-state index contributed by atoms with van der Waals surface area (Å²) >= 11 is 0. The van der Waals surface area contributed by atoms with Crippen molar-refractivity contribution in [1.82, 2.24) is 0 Å². The molecular weight excluding hydrogens is 609 g/mol. The summed E-state index contributed by atoms with van der Waals surface area (Å²) in [6.07, 6.45) is 0. The molecule has 232 valence electrons. The molecule has 0 aliphatic carbocycles. The minimum absolute atomic E-state index is 0.837. The molecule has 2 heterocycles. The van der Waals surface area contributed by atoms with Crippen molar-refractivity contribution < 1.29 is 8.83 Å². The molecule has 0 saturated carbocycles. The van der Waals surface area contributed by atoms with Gasteiger partial charge in [-0.05, 0) is 90.6 Å². The van der Waals surface area contributed by atoms with Crippen LogP contribution in [0, 0.1) is 0 Å². The standard InChI is InChI=1S/C48H28O2/c1-2-11-30(12-3-1)46-35-16-4-6-18-37(35)47(38-19-7-5-17-36(38)46)33-14-10-13-31(25-33)32-22-21-29-23-24-39-42-27-41-34-15-8-9-20-43(34)49-44(41)28-45(42)50-48(39)40(29)26-32/h1-28H. The summed E-state index contributed by atoms with van der Waals surface area (Å²) in [6.45, 7) is 0. The van der Waals surface area contributed by atoms with E-state index < -0.39 is 0 Å². The Labute approximate surface area is 287 Å². The van der Waals surface area contributed by atoms with Crippen LogP contribution in [0.3, 0.4) is 0 Å². The Morgan fingerprint density at radius 3 is 1.58 bits per heavy atom. The second-order valence-electron chi connectivity index (χ2n) is 13.2. The zero-order valence-electron chi connectivity index (χ0n) is 27.0. The van der Waals surface area contributed by atoms with Gasteiger partial charge in [0, 0.05) is 33.0 Å². The van der Waals surface area contributed by atoms with E-state index in [2.05, 4.69) is 152 Å². The molecule has 0 fully saturated rings. The maximum absolute atomic E-state index is 6.64. The second-order valence-corrected chi connectivity index (χ2v) is 13.2. The number of furan rings is 2. The van der Waals surface area contributed by atoms with Gasteiger partial charge in [-0.25, -0.2) is 0 Å². The molecule has 50 heavy (non-hydrogen) atoms. The summed E-state index contributed by atoms with van der Waals surface area (Å²) < 4.78 is 12.8. The minimum atomic E-state index is 0.837. The van der Waals surface area contributed by atoms with Gasteiger partial charge in [0.25, 0.3) is 0 Å². The monoisotopic (exact) mass is 636 g/mol. The number of rotatable bonds is 3. The van der Waals surface area contributed by atoms with Gasteiger partial charge in [-0.2, -0.15) is 0 Å². The minimum Gasteiger partial charge on any atom is -0.456 e. The van der Waals surface area contributed by atoms with Crippen LogP contribution < -0.4 is 0 Å². The summed E-state index contributed by atoms with van der Waals surface area (Å²) in [4.78, 5) is 0. The van der Waals surface area contributed by atoms with Crippen LogP contribution in [0.5, 0.6) is 0 Å². The molecule has 0 N–H and O–H groups in total. The van der Waals surface area contributed by atoms with Crippen LogP contribution in [-0.2, 0) is 0 Å². The number of hydrogen-bond donors (Lipinski definition) is 0. The van der Waals surface area contributed by atoms with Gasteiger partial charge in [-0.3, -0.25) is 0 Å². The molecule has 0 radical (unpaired) electrons. The largest absolute Gasteiger partial charge is 0.456 e. The van der Waals surface area contributed by atoms with E-state index in [-0.39, 0.29) is 0 Å². The van der Waals surface area contributed by atoms with Crippen LogP contribution in [-0.4, -0.2) is 0 Å². The van der Waals surface area contributed by atoms with E-state index in [1.54, 1.807) is 0 Å². The number of fused-ring (bicyclic) bond motifs is 10. The van der Waals surface area contributed by atoms with Crippen molar-refractivity contribution in [3.05, 3.63) is 170 Å². The van der Waals surface area contributed by atoms with E-state index in [1.807, 2.05) is 18.2 Å². The molecule has 0 aliphatic heterocycles. The molecule has 11 rings (SSSR count). The van der Waals surface area contributed by atoms with Gasteiger partial charge in [0.2, 0.25) is 0 Å². The van der Waals surface area contributed by atoms with Gasteiger partial charge in [0.1, 0.15) is 22.3 Å². The molecule has 2 nitrogen and oxygen atoms in total. The van der Waals surface area contributed by atoms with Crippen molar-refractivity contribution in [2.45, 2.75) is 0 Å². The highest BCUT2D eigenvalue weighted by molar-refractivity contribution is 6.22. The van der Waals surface area contributed by atoms with Crippen LogP contribution in [0.25, 0.3) is 110 Å². The van der Waals surface area contributed by atoms with Crippen LogP contribution in [0.4, 0.5) is 0 Å². The van der Waals surface area contributed by atoms with Gasteiger partial charge in [0.05, 0.1) is 0 Å².